The minimum atomic E-state index is -3.38. The molecule has 9 nitrogen and oxygen atoms in total. The molecule has 10 heteroatoms. The SMILES string of the molecule is CCCOC(=O)NCC[C@H](C)C[P@](=O)(CN(C(=O)CCCc1ccccc1)[C@@H](CC(C)C)C(=O)Nc1ccccc1)OC. The van der Waals surface area contributed by atoms with E-state index in [-0.39, 0.29) is 42.5 Å². The summed E-state index contributed by atoms with van der Waals surface area (Å²) in [6, 6.07) is 18.2. The van der Waals surface area contributed by atoms with Crippen LogP contribution in [0.5, 0.6) is 0 Å². The lowest BCUT2D eigenvalue weighted by Crippen LogP contribution is -2.48. The van der Waals surface area contributed by atoms with Gasteiger partial charge >= 0.3 is 6.09 Å². The zero-order chi connectivity index (χ0) is 31.7. The summed E-state index contributed by atoms with van der Waals surface area (Å²) in [5, 5.41) is 5.66. The van der Waals surface area contributed by atoms with E-state index in [1.54, 1.807) is 12.1 Å². The molecular formula is C33H50N3O6P. The van der Waals surface area contributed by atoms with Crippen molar-refractivity contribution in [1.82, 2.24) is 10.2 Å². The Morgan fingerprint density at radius 3 is 2.23 bits per heavy atom. The number of hydrogen-bond donors (Lipinski definition) is 2. The van der Waals surface area contributed by atoms with Crippen molar-refractivity contribution in [2.24, 2.45) is 11.8 Å². The van der Waals surface area contributed by atoms with E-state index in [0.717, 1.165) is 18.4 Å². The quantitative estimate of drug-likeness (QED) is 0.166. The molecule has 43 heavy (non-hydrogen) atoms. The predicted octanol–water partition coefficient (Wildman–Crippen LogP) is 6.94. The second-order valence-corrected chi connectivity index (χ2v) is 14.1. The van der Waals surface area contributed by atoms with Gasteiger partial charge < -0.3 is 24.8 Å². The maximum Gasteiger partial charge on any atom is 0.407 e. The molecule has 2 aromatic carbocycles. The molecule has 238 valence electrons. The molecule has 2 rings (SSSR count). The summed E-state index contributed by atoms with van der Waals surface area (Å²) in [6.45, 7) is 8.57. The number of para-hydroxylation sites is 1. The van der Waals surface area contributed by atoms with Crippen molar-refractivity contribution in [3.63, 3.8) is 0 Å². The van der Waals surface area contributed by atoms with Crippen LogP contribution >= 0.6 is 7.37 Å². The van der Waals surface area contributed by atoms with Crippen molar-refractivity contribution in [3.8, 4) is 0 Å². The summed E-state index contributed by atoms with van der Waals surface area (Å²) in [6.07, 6.45) is 2.81. The Morgan fingerprint density at radius 2 is 1.63 bits per heavy atom. The molecule has 0 bridgehead atoms. The van der Waals surface area contributed by atoms with Gasteiger partial charge in [0.05, 0.1) is 12.9 Å². The first-order valence-electron chi connectivity index (χ1n) is 15.3. The molecule has 2 aromatic rings. The second-order valence-electron chi connectivity index (χ2n) is 11.5. The number of benzene rings is 2. The second kappa shape index (κ2) is 19.2. The average Bonchev–Trinajstić information content (AvgIpc) is 2.98. The number of anilines is 1. The molecule has 0 aliphatic carbocycles. The van der Waals surface area contributed by atoms with Crippen LogP contribution in [0, 0.1) is 11.8 Å². The van der Waals surface area contributed by atoms with Gasteiger partial charge in [-0.05, 0) is 61.6 Å². The Morgan fingerprint density at radius 1 is 0.977 bits per heavy atom. The van der Waals surface area contributed by atoms with Crippen molar-refractivity contribution >= 4 is 31.0 Å². The zero-order valence-electron chi connectivity index (χ0n) is 26.4. The number of nitrogens with one attached hydrogen (secondary N) is 2. The first-order chi connectivity index (χ1) is 20.6. The van der Waals surface area contributed by atoms with Gasteiger partial charge in [-0.2, -0.15) is 0 Å². The summed E-state index contributed by atoms with van der Waals surface area (Å²) in [5.74, 6) is -0.517. The maximum absolute atomic E-state index is 14.2. The fourth-order valence-corrected chi connectivity index (χ4v) is 7.14. The minimum Gasteiger partial charge on any atom is -0.450 e. The van der Waals surface area contributed by atoms with Gasteiger partial charge in [-0.1, -0.05) is 76.2 Å². The number of nitrogens with zero attached hydrogens (tertiary/aromatic N) is 1. The highest BCUT2D eigenvalue weighted by Gasteiger charge is 2.37. The lowest BCUT2D eigenvalue weighted by atomic mass is 10.0. The van der Waals surface area contributed by atoms with Gasteiger partial charge in [0.1, 0.15) is 6.04 Å². The number of rotatable bonds is 19. The first kappa shape index (κ1) is 36.0. The maximum atomic E-state index is 14.2. The van der Waals surface area contributed by atoms with E-state index in [1.165, 1.54) is 12.0 Å². The molecule has 0 aliphatic heterocycles. The van der Waals surface area contributed by atoms with Gasteiger partial charge in [-0.3, -0.25) is 14.2 Å². The summed E-state index contributed by atoms with van der Waals surface area (Å²) in [5.41, 5.74) is 1.76. The van der Waals surface area contributed by atoms with Gasteiger partial charge in [0.15, 0.2) is 0 Å². The van der Waals surface area contributed by atoms with Crippen molar-refractivity contribution < 1.29 is 28.2 Å². The van der Waals surface area contributed by atoms with E-state index >= 15 is 0 Å². The van der Waals surface area contributed by atoms with Crippen LogP contribution in [0.3, 0.4) is 0 Å². The molecular weight excluding hydrogens is 565 g/mol. The number of hydrogen-bond acceptors (Lipinski definition) is 6. The van der Waals surface area contributed by atoms with Crippen LogP contribution in [0.2, 0.25) is 0 Å². The molecule has 0 spiro atoms. The number of carbonyl (C=O) groups is 3. The molecule has 0 radical (unpaired) electrons. The van der Waals surface area contributed by atoms with Crippen LogP contribution in [0.25, 0.3) is 0 Å². The van der Waals surface area contributed by atoms with Gasteiger partial charge in [-0.25, -0.2) is 4.79 Å². The van der Waals surface area contributed by atoms with Gasteiger partial charge in [0.2, 0.25) is 19.2 Å². The molecule has 0 aromatic heterocycles. The predicted molar refractivity (Wildman–Crippen MR) is 172 cm³/mol. The summed E-state index contributed by atoms with van der Waals surface area (Å²) >= 11 is 0. The standard InChI is InChI=1S/C33H50N3O6P/c1-6-22-42-33(39)34-21-20-27(4)24-43(40,41-5)25-36(31(37)19-13-16-28-14-9-7-10-15-28)30(23-26(2)3)32(38)35-29-17-11-8-12-18-29/h7-12,14-15,17-18,26-27,30H,6,13,16,19-25H2,1-5H3,(H,34,39)(H,35,38)/t27-,30-,43+/m0/s1. The number of carbonyl (C=O) groups excluding carboxylic acids is 3. The van der Waals surface area contributed by atoms with Crippen LogP contribution < -0.4 is 10.6 Å². The third kappa shape index (κ3) is 13.8. The molecule has 3 amide bonds. The Hall–Kier alpha value is -3.16. The average molecular weight is 616 g/mol. The van der Waals surface area contributed by atoms with Crippen LogP contribution in [-0.2, 0) is 29.8 Å². The number of aryl methyl sites for hydroxylation is 1. The van der Waals surface area contributed by atoms with E-state index in [9.17, 15) is 18.9 Å². The zero-order valence-corrected chi connectivity index (χ0v) is 27.3. The van der Waals surface area contributed by atoms with E-state index in [2.05, 4.69) is 10.6 Å². The van der Waals surface area contributed by atoms with Gasteiger partial charge in [0, 0.05) is 31.9 Å². The minimum absolute atomic E-state index is 0.0750. The lowest BCUT2D eigenvalue weighted by Gasteiger charge is -2.35. The Balaban J connectivity index is 2.22. The van der Waals surface area contributed by atoms with Crippen LogP contribution in [0.15, 0.2) is 60.7 Å². The van der Waals surface area contributed by atoms with Gasteiger partial charge in [0.25, 0.3) is 0 Å². The highest BCUT2D eigenvalue weighted by Crippen LogP contribution is 2.49. The summed E-state index contributed by atoms with van der Waals surface area (Å²) in [4.78, 5) is 40.8. The topological polar surface area (TPSA) is 114 Å². The van der Waals surface area contributed by atoms with E-state index < -0.39 is 19.5 Å². The fourth-order valence-electron chi connectivity index (χ4n) is 4.81. The van der Waals surface area contributed by atoms with Crippen LogP contribution in [-0.4, -0.2) is 61.6 Å². The molecule has 0 saturated heterocycles. The first-order valence-corrected chi connectivity index (χ1v) is 17.3. The third-order valence-electron chi connectivity index (χ3n) is 7.07. The molecule has 3 atom stereocenters. The van der Waals surface area contributed by atoms with Gasteiger partial charge in [-0.15, -0.1) is 0 Å². The summed E-state index contributed by atoms with van der Waals surface area (Å²) < 4.78 is 24.8. The molecule has 2 N–H and O–H groups in total. The largest absolute Gasteiger partial charge is 0.450 e. The molecule has 0 fully saturated rings. The van der Waals surface area contributed by atoms with E-state index in [1.807, 2.05) is 76.2 Å². The van der Waals surface area contributed by atoms with Crippen molar-refractivity contribution in [3.05, 3.63) is 66.2 Å². The smallest absolute Gasteiger partial charge is 0.407 e. The van der Waals surface area contributed by atoms with Crippen molar-refractivity contribution in [2.75, 3.05) is 38.0 Å². The third-order valence-corrected chi connectivity index (χ3v) is 9.65. The normalized spacial score (nSPS) is 13.9. The highest BCUT2D eigenvalue weighted by molar-refractivity contribution is 7.58. The lowest BCUT2D eigenvalue weighted by molar-refractivity contribution is -0.138. The Labute approximate surface area is 257 Å². The monoisotopic (exact) mass is 615 g/mol. The number of alkyl carbamates (subject to hydrolysis) is 1. The van der Waals surface area contributed by atoms with Crippen molar-refractivity contribution in [2.45, 2.75) is 72.3 Å². The Kier molecular flexibility index (Phi) is 16.1. The Bertz CT molecular complexity index is 1160. The van der Waals surface area contributed by atoms with E-state index in [0.29, 0.717) is 38.1 Å². The van der Waals surface area contributed by atoms with E-state index in [4.69, 9.17) is 9.26 Å². The fraction of sp³-hybridized carbons (Fsp3) is 0.545. The number of ether oxygens (including phenoxy) is 1. The molecule has 0 unspecified atom stereocenters. The number of amides is 3. The van der Waals surface area contributed by atoms with Crippen LogP contribution in [0.1, 0.15) is 65.4 Å². The molecule has 0 saturated carbocycles. The molecule has 0 aliphatic rings. The summed E-state index contributed by atoms with van der Waals surface area (Å²) in [7, 11) is -1.98. The highest BCUT2D eigenvalue weighted by atomic mass is 31.2. The molecule has 0 heterocycles. The van der Waals surface area contributed by atoms with Crippen LogP contribution in [0.4, 0.5) is 10.5 Å². The van der Waals surface area contributed by atoms with Crippen molar-refractivity contribution in [1.29, 1.82) is 0 Å².